The van der Waals surface area contributed by atoms with E-state index in [0.29, 0.717) is 12.8 Å². The normalized spacial score (nSPS) is 23.5. The number of aliphatic hydroxyl groups excluding tert-OH is 5. The lowest BCUT2D eigenvalue weighted by Gasteiger charge is -2.40. The SMILES string of the molecule is CC/C=C\C/C=C\C/C=C\CCCCCC(=O)NC(COC1OC(CO)C(O)C(O)C1O)C(O)/C=C/CC/C=C/CC/C=C/CCCC. The van der Waals surface area contributed by atoms with Gasteiger partial charge in [-0.2, -0.15) is 0 Å². The molecule has 274 valence electrons. The first-order valence-corrected chi connectivity index (χ1v) is 18.2. The molecule has 1 fully saturated rings. The van der Waals surface area contributed by atoms with Crippen molar-refractivity contribution in [2.45, 2.75) is 153 Å². The van der Waals surface area contributed by atoms with Crippen LogP contribution in [0.25, 0.3) is 0 Å². The maximum atomic E-state index is 12.8. The van der Waals surface area contributed by atoms with Gasteiger partial charge in [-0.25, -0.2) is 0 Å². The third-order valence-corrected chi connectivity index (χ3v) is 7.99. The predicted octanol–water partition coefficient (Wildman–Crippen LogP) is 5.88. The van der Waals surface area contributed by atoms with Crippen molar-refractivity contribution in [3.63, 3.8) is 0 Å². The lowest BCUT2D eigenvalue weighted by Crippen LogP contribution is -2.60. The van der Waals surface area contributed by atoms with Gasteiger partial charge in [0.05, 0.1) is 25.4 Å². The zero-order chi connectivity index (χ0) is 35.2. The van der Waals surface area contributed by atoms with Crippen LogP contribution in [0.4, 0.5) is 0 Å². The molecule has 1 rings (SSSR count). The van der Waals surface area contributed by atoms with Gasteiger partial charge in [0.15, 0.2) is 6.29 Å². The van der Waals surface area contributed by atoms with Crippen LogP contribution in [0.5, 0.6) is 0 Å². The van der Waals surface area contributed by atoms with Crippen molar-refractivity contribution in [3.05, 3.63) is 72.9 Å². The molecule has 1 saturated heterocycles. The van der Waals surface area contributed by atoms with Crippen molar-refractivity contribution < 1.29 is 39.8 Å². The number of amides is 1. The van der Waals surface area contributed by atoms with Crippen molar-refractivity contribution in [2.75, 3.05) is 13.2 Å². The van der Waals surface area contributed by atoms with E-state index in [2.05, 4.69) is 79.9 Å². The molecule has 1 aliphatic heterocycles. The van der Waals surface area contributed by atoms with E-state index in [1.807, 2.05) is 6.08 Å². The smallest absolute Gasteiger partial charge is 0.220 e. The van der Waals surface area contributed by atoms with E-state index in [9.17, 15) is 30.3 Å². The number of allylic oxidation sites excluding steroid dienone is 11. The minimum Gasteiger partial charge on any atom is -0.394 e. The molecule has 1 amide bonds. The molecule has 1 heterocycles. The summed E-state index contributed by atoms with van der Waals surface area (Å²) in [7, 11) is 0. The van der Waals surface area contributed by atoms with Crippen molar-refractivity contribution in [1.29, 1.82) is 0 Å². The van der Waals surface area contributed by atoms with Gasteiger partial charge in [0.25, 0.3) is 0 Å². The second-order valence-corrected chi connectivity index (χ2v) is 12.3. The lowest BCUT2D eigenvalue weighted by molar-refractivity contribution is -0.302. The number of rotatable bonds is 27. The molecule has 0 radical (unpaired) electrons. The molecule has 7 atom stereocenters. The first-order valence-electron chi connectivity index (χ1n) is 18.2. The molecular weight excluding hydrogens is 610 g/mol. The van der Waals surface area contributed by atoms with Crippen LogP contribution in [0.2, 0.25) is 0 Å². The zero-order valence-corrected chi connectivity index (χ0v) is 29.5. The van der Waals surface area contributed by atoms with Crippen molar-refractivity contribution in [1.82, 2.24) is 5.32 Å². The van der Waals surface area contributed by atoms with Gasteiger partial charge in [-0.15, -0.1) is 0 Å². The lowest BCUT2D eigenvalue weighted by atomic mass is 9.99. The average Bonchev–Trinajstić information content (AvgIpc) is 3.08. The Kier molecular flexibility index (Phi) is 26.9. The van der Waals surface area contributed by atoms with Crippen LogP contribution >= 0.6 is 0 Å². The fraction of sp³-hybridized carbons (Fsp3) is 0.667. The van der Waals surface area contributed by atoms with E-state index in [1.54, 1.807) is 6.08 Å². The molecule has 0 aromatic rings. The second kappa shape index (κ2) is 29.5. The molecule has 7 unspecified atom stereocenters. The maximum Gasteiger partial charge on any atom is 0.220 e. The van der Waals surface area contributed by atoms with Gasteiger partial charge in [0, 0.05) is 6.42 Å². The van der Waals surface area contributed by atoms with E-state index in [0.717, 1.165) is 70.6 Å². The Morgan fingerprint density at radius 1 is 0.729 bits per heavy atom. The Labute approximate surface area is 289 Å². The number of hydrogen-bond donors (Lipinski definition) is 6. The second-order valence-electron chi connectivity index (χ2n) is 12.3. The summed E-state index contributed by atoms with van der Waals surface area (Å²) in [5, 5.41) is 53.7. The highest BCUT2D eigenvalue weighted by atomic mass is 16.7. The largest absolute Gasteiger partial charge is 0.394 e. The highest BCUT2D eigenvalue weighted by Gasteiger charge is 2.44. The maximum absolute atomic E-state index is 12.8. The molecule has 0 saturated carbocycles. The topological polar surface area (TPSA) is 149 Å². The van der Waals surface area contributed by atoms with E-state index in [4.69, 9.17) is 9.47 Å². The highest BCUT2D eigenvalue weighted by Crippen LogP contribution is 2.22. The fourth-order valence-electron chi connectivity index (χ4n) is 5.01. The van der Waals surface area contributed by atoms with E-state index in [-0.39, 0.29) is 12.5 Å². The summed E-state index contributed by atoms with van der Waals surface area (Å²) in [5.74, 6) is -0.227. The third kappa shape index (κ3) is 20.9. The summed E-state index contributed by atoms with van der Waals surface area (Å²) in [5.41, 5.74) is 0. The third-order valence-electron chi connectivity index (χ3n) is 7.99. The Morgan fingerprint density at radius 3 is 1.96 bits per heavy atom. The molecule has 6 N–H and O–H groups in total. The summed E-state index contributed by atoms with van der Waals surface area (Å²) in [6.07, 6.45) is 30.9. The van der Waals surface area contributed by atoms with E-state index >= 15 is 0 Å². The summed E-state index contributed by atoms with van der Waals surface area (Å²) in [6, 6.07) is -0.843. The average molecular weight is 676 g/mol. The Bertz CT molecular complexity index is 973. The molecule has 0 aromatic heterocycles. The number of nitrogens with one attached hydrogen (secondary N) is 1. The summed E-state index contributed by atoms with van der Waals surface area (Å²) >= 11 is 0. The van der Waals surface area contributed by atoms with Gasteiger partial charge in [0.2, 0.25) is 5.91 Å². The number of carbonyl (C=O) groups excluding carboxylic acids is 1. The molecule has 48 heavy (non-hydrogen) atoms. The monoisotopic (exact) mass is 675 g/mol. The minimum atomic E-state index is -1.58. The minimum absolute atomic E-state index is 0.222. The van der Waals surface area contributed by atoms with Crippen molar-refractivity contribution in [3.8, 4) is 0 Å². The van der Waals surface area contributed by atoms with E-state index < -0.39 is 49.5 Å². The molecular formula is C39H65NO8. The van der Waals surface area contributed by atoms with Crippen molar-refractivity contribution in [2.24, 2.45) is 0 Å². The molecule has 0 aliphatic carbocycles. The van der Waals surface area contributed by atoms with Crippen LogP contribution in [-0.2, 0) is 14.3 Å². The van der Waals surface area contributed by atoms with Gasteiger partial charge >= 0.3 is 0 Å². The molecule has 0 bridgehead atoms. The number of unbranched alkanes of at least 4 members (excludes halogenated alkanes) is 7. The summed E-state index contributed by atoms with van der Waals surface area (Å²) in [4.78, 5) is 12.8. The molecule has 0 aromatic carbocycles. The molecule has 9 nitrogen and oxygen atoms in total. The number of hydrogen-bond acceptors (Lipinski definition) is 8. The van der Waals surface area contributed by atoms with Gasteiger partial charge in [-0.3, -0.25) is 4.79 Å². The quantitative estimate of drug-likeness (QED) is 0.0468. The van der Waals surface area contributed by atoms with Gasteiger partial charge in [0.1, 0.15) is 24.4 Å². The Morgan fingerprint density at radius 2 is 1.31 bits per heavy atom. The van der Waals surface area contributed by atoms with Crippen LogP contribution in [0, 0.1) is 0 Å². The number of aliphatic hydroxyl groups is 5. The van der Waals surface area contributed by atoms with Crippen LogP contribution in [0.3, 0.4) is 0 Å². The Hall–Kier alpha value is -2.37. The highest BCUT2D eigenvalue weighted by molar-refractivity contribution is 5.76. The molecule has 9 heteroatoms. The van der Waals surface area contributed by atoms with Gasteiger partial charge in [-0.1, -0.05) is 106 Å². The van der Waals surface area contributed by atoms with Crippen LogP contribution < -0.4 is 5.32 Å². The van der Waals surface area contributed by atoms with Gasteiger partial charge in [-0.05, 0) is 70.6 Å². The molecule has 1 aliphatic rings. The first kappa shape index (κ1) is 43.7. The summed E-state index contributed by atoms with van der Waals surface area (Å²) < 4.78 is 11.1. The van der Waals surface area contributed by atoms with Gasteiger partial charge < -0.3 is 40.3 Å². The summed E-state index contributed by atoms with van der Waals surface area (Å²) in [6.45, 7) is 3.51. The van der Waals surface area contributed by atoms with Crippen LogP contribution in [0.15, 0.2) is 72.9 Å². The van der Waals surface area contributed by atoms with E-state index in [1.165, 1.54) is 12.8 Å². The Balaban J connectivity index is 2.56. The first-order chi connectivity index (χ1) is 23.3. The standard InChI is InChI=1S/C39H65NO8/c1-3-5-7-9-11-13-15-17-19-21-23-25-27-29-35(43)40-32(31-47-39-38(46)37(45)36(44)34(30-41)48-39)33(42)28-26-24-22-20-18-16-14-12-10-8-6-4-2/h5,7,10-13,17-20,26,28,32-34,36-39,41-42,44-46H,3-4,6,8-9,14-16,21-25,27,29-31H2,1-2H3,(H,40,43)/b7-5-,12-10+,13-11-,19-17-,20-18+,28-26+. The zero-order valence-electron chi connectivity index (χ0n) is 29.5. The van der Waals surface area contributed by atoms with Crippen molar-refractivity contribution >= 4 is 5.91 Å². The molecule has 0 spiro atoms. The fourth-order valence-corrected chi connectivity index (χ4v) is 5.01. The number of ether oxygens (including phenoxy) is 2. The van der Waals surface area contributed by atoms with Crippen LogP contribution in [0.1, 0.15) is 110 Å². The number of carbonyl (C=O) groups is 1. The predicted molar refractivity (Wildman–Crippen MR) is 193 cm³/mol. The van der Waals surface area contributed by atoms with Crippen LogP contribution in [-0.4, -0.2) is 87.5 Å².